The number of amides is 2. The molecule has 10 aromatic rings. The maximum absolute atomic E-state index is 13.7. The first-order valence-electron chi connectivity index (χ1n) is 46.7. The zero-order valence-electron chi connectivity index (χ0n) is 78.4. The monoisotopic (exact) mass is 1930 g/mol. The number of carbonyl (C=O) groups is 6. The summed E-state index contributed by atoms with van der Waals surface area (Å²) >= 11 is 0. The molecule has 9 atom stereocenters. The maximum atomic E-state index is 13.7. The van der Waals surface area contributed by atoms with Crippen LogP contribution < -0.4 is 5.11 Å². The van der Waals surface area contributed by atoms with Crippen molar-refractivity contribution in [2.24, 2.45) is 46.3 Å². The standard InChI is InChI=1S/C27H32F2O5S.C24H26F2O2.C23H21F2NO2.C20H18F2O5S.C17H14O2/c1-25(2,3)15-8-10-18-19(11-15)20-13-22(24(30)34-14-27(28,29)35(31,32)33)23(18)21-12-16(26(4,5)6)7-9-17(20)21;1-23(2,3)21-19-16-11-7-5-9-14(16)18(15-10-6-8-12-17(15)19)20(21)22(27)28-13-24(4,25)26;1-23(24,25)11-6-12-26-21(27)19-17-13-7-2-3-8-14(13)18(20(19)22(26)28)16-10-5-4-9-15(16)17;1-19(18(23)27-11-20(21,22)28(24,25)26)10-16-12-6-2-4-8-14(12)17(19)15-9-5-3-7-13(15)16;18-17(19)15-9-14-10-5-1-3-7-12(10)16(15)13-8-4-2-6-11(13)14/h7-12,20,22-23H,13-14H2,1-6H3,(H,31,32,33);5-12,18-21H,13H2,1-4H3;2-5,7-10,17-20H,6,11-12H2,1H3;2-9,16-17H,10-11H2,1H3,(H,24,25,26);1-8,14-16H,9H2,(H,18,19)/p-3. The molecule has 9 unspecified atom stereocenters. The van der Waals surface area contributed by atoms with E-state index in [0.29, 0.717) is 19.3 Å². The molecular weight excluding hydrogens is 1820 g/mol. The molecule has 1 fully saturated rings. The number of hydrogen-bond acceptors (Lipinski definition) is 16. The van der Waals surface area contributed by atoms with Crippen molar-refractivity contribution < 1.29 is 109 Å². The van der Waals surface area contributed by atoms with E-state index in [0.717, 1.165) is 103 Å². The molecule has 1 heterocycles. The van der Waals surface area contributed by atoms with E-state index >= 15 is 0 Å². The molecule has 0 radical (unpaired) electrons. The van der Waals surface area contributed by atoms with Crippen molar-refractivity contribution in [1.82, 2.24) is 4.90 Å². The van der Waals surface area contributed by atoms with Crippen LogP contribution in [-0.2, 0) is 74.0 Å². The van der Waals surface area contributed by atoms with Crippen molar-refractivity contribution >= 4 is 55.9 Å². The van der Waals surface area contributed by atoms with Crippen LogP contribution in [0, 0.1) is 46.3 Å². The average Bonchev–Trinajstić information content (AvgIpc) is 1.48. The number of imide groups is 1. The molecule has 15 aliphatic carbocycles. The number of fused-ring (bicyclic) bond motifs is 4. The first-order valence-corrected chi connectivity index (χ1v) is 49.5. The van der Waals surface area contributed by atoms with Gasteiger partial charge in [-0.15, -0.1) is 0 Å². The lowest BCUT2D eigenvalue weighted by molar-refractivity contribution is -0.312. The number of hydrogen-bond donors (Lipinski definition) is 0. The molecule has 138 heavy (non-hydrogen) atoms. The van der Waals surface area contributed by atoms with Gasteiger partial charge in [-0.05, 0) is 184 Å². The van der Waals surface area contributed by atoms with Gasteiger partial charge >= 0.3 is 28.4 Å². The number of esters is 3. The number of halogens is 8. The number of carbonyl (C=O) groups excluding carboxylic acids is 6. The quantitative estimate of drug-likeness (QED) is 0.0286. The van der Waals surface area contributed by atoms with Gasteiger partial charge in [-0.1, -0.05) is 293 Å². The number of nitrogens with zero attached hydrogens (tertiary/aromatic N) is 1. The van der Waals surface area contributed by atoms with E-state index in [1.165, 1.54) is 38.3 Å². The molecule has 724 valence electrons. The minimum Gasteiger partial charge on any atom is -0.743 e. The van der Waals surface area contributed by atoms with Gasteiger partial charge in [-0.2, -0.15) is 17.6 Å². The zero-order valence-corrected chi connectivity index (χ0v) is 80.0. The summed E-state index contributed by atoms with van der Waals surface area (Å²) < 4.78 is 187. The third-order valence-corrected chi connectivity index (χ3v) is 32.1. The number of carboxylic acid groups (broad SMARTS) is 1. The third kappa shape index (κ3) is 17.6. The largest absolute Gasteiger partial charge is 0.743 e. The number of carboxylic acids is 1. The van der Waals surface area contributed by atoms with Crippen molar-refractivity contribution in [1.29, 1.82) is 0 Å². The summed E-state index contributed by atoms with van der Waals surface area (Å²) in [5.41, 5.74) is 23.0. The van der Waals surface area contributed by atoms with Crippen LogP contribution in [0.3, 0.4) is 0 Å². The van der Waals surface area contributed by atoms with Gasteiger partial charge in [-0.3, -0.25) is 28.9 Å². The van der Waals surface area contributed by atoms with Gasteiger partial charge < -0.3 is 33.2 Å². The fourth-order valence-corrected chi connectivity index (χ4v) is 24.9. The van der Waals surface area contributed by atoms with Gasteiger partial charge in [0.25, 0.3) is 5.92 Å². The van der Waals surface area contributed by atoms with Gasteiger partial charge in [0.15, 0.2) is 40.1 Å². The summed E-state index contributed by atoms with van der Waals surface area (Å²) in [4.78, 5) is 78.2. The highest BCUT2D eigenvalue weighted by atomic mass is 32.2. The van der Waals surface area contributed by atoms with Gasteiger partial charge in [0.2, 0.25) is 17.7 Å². The lowest BCUT2D eigenvalue weighted by Gasteiger charge is -2.54. The molecular formula is C111H108F8NO16S2-3. The number of ether oxygens (including phenoxy) is 3. The highest BCUT2D eigenvalue weighted by molar-refractivity contribution is 7.87. The van der Waals surface area contributed by atoms with E-state index in [1.807, 2.05) is 133 Å². The molecule has 0 N–H and O–H groups in total. The van der Waals surface area contributed by atoms with Gasteiger partial charge in [0, 0.05) is 91.0 Å². The number of likely N-dealkylation sites (tertiary alicyclic amines) is 1. The van der Waals surface area contributed by atoms with Gasteiger partial charge in [0.1, 0.15) is 0 Å². The Kier molecular flexibility index (Phi) is 25.4. The zero-order chi connectivity index (χ0) is 99.3. The first-order chi connectivity index (χ1) is 64.7. The van der Waals surface area contributed by atoms with Crippen LogP contribution >= 0.6 is 0 Å². The summed E-state index contributed by atoms with van der Waals surface area (Å²) in [5, 5.41) is 2.12. The van der Waals surface area contributed by atoms with Gasteiger partial charge in [-0.25, -0.2) is 34.4 Å². The van der Waals surface area contributed by atoms with Crippen molar-refractivity contribution in [2.45, 2.75) is 208 Å². The molecule has 1 aliphatic heterocycles. The lowest BCUT2D eigenvalue weighted by Crippen LogP contribution is -2.49. The molecule has 10 aromatic carbocycles. The van der Waals surface area contributed by atoms with Gasteiger partial charge in [0.05, 0.1) is 29.1 Å². The smallest absolute Gasteiger partial charge is 0.367 e. The average molecular weight is 1930 g/mol. The molecule has 2 amide bonds. The van der Waals surface area contributed by atoms with E-state index in [1.54, 1.807) is 6.92 Å². The normalized spacial score (nSPS) is 25.3. The molecule has 17 nitrogen and oxygen atoms in total. The Morgan fingerprint density at radius 2 is 0.710 bits per heavy atom. The number of rotatable bonds is 16. The molecule has 0 saturated carbocycles. The minimum atomic E-state index is -5.94. The minimum absolute atomic E-state index is 0.0275. The fraction of sp³-hybridized carbons (Fsp3) is 0.405. The second-order valence-electron chi connectivity index (χ2n) is 42.3. The van der Waals surface area contributed by atoms with Crippen LogP contribution in [0.4, 0.5) is 35.1 Å². The topological polar surface area (TPSA) is 271 Å². The van der Waals surface area contributed by atoms with Crippen LogP contribution in [0.15, 0.2) is 231 Å². The fourth-order valence-electron chi connectivity index (χ4n) is 24.5. The first kappa shape index (κ1) is 98.1. The van der Waals surface area contributed by atoms with E-state index in [9.17, 15) is 94.9 Å². The predicted molar refractivity (Wildman–Crippen MR) is 497 cm³/mol. The van der Waals surface area contributed by atoms with Crippen molar-refractivity contribution in [3.8, 4) is 0 Å². The number of alkyl halides is 8. The third-order valence-electron chi connectivity index (χ3n) is 30.4. The summed E-state index contributed by atoms with van der Waals surface area (Å²) in [6.07, 6.45) is 1.17. The Hall–Kier alpha value is -11.5. The Labute approximate surface area is 798 Å². The Balaban J connectivity index is 0.000000120. The Morgan fingerprint density at radius 1 is 0.384 bits per heavy atom. The van der Waals surface area contributed by atoms with Crippen LogP contribution in [0.5, 0.6) is 0 Å². The second kappa shape index (κ2) is 35.7. The summed E-state index contributed by atoms with van der Waals surface area (Å²) in [6, 6.07) is 76.8. The molecule has 16 aliphatic rings. The molecule has 10 bridgehead atoms. The van der Waals surface area contributed by atoms with Crippen molar-refractivity contribution in [2.75, 3.05) is 26.4 Å². The Morgan fingerprint density at radius 3 is 1.10 bits per heavy atom. The lowest BCUT2D eigenvalue weighted by atomic mass is 9.49. The van der Waals surface area contributed by atoms with Crippen LogP contribution in [0.25, 0.3) is 0 Å². The number of aliphatic carboxylic acids is 1. The number of benzene rings is 10. The molecule has 26 rings (SSSR count). The maximum Gasteiger partial charge on any atom is 0.367 e. The van der Waals surface area contributed by atoms with Crippen LogP contribution in [0.1, 0.15) is 297 Å². The van der Waals surface area contributed by atoms with Crippen LogP contribution in [-0.4, -0.2) is 115 Å². The SMILES string of the molecule is CC(C)(C)c1ccc2c(c1)C1CC(C(=O)OCC(F)(F)S(=O)(=O)[O-])C2c2cc(C(C)(C)C)ccc21.CC(F)(F)CCCN1C(=O)C2C3c4ccccc4C(c4ccccc43)C2C1=O.CC(F)(F)COC(=O)C1C2c3ccccc3C(c3ccccc32)C1C(C)(C)C.CC1(C(=O)OCC(F)(F)S(=O)(=O)[O-])CC2c3ccccc3C1c1ccccc12.O=C([O-])C1CC2c3ccccc3C1c1ccccc12. The van der Waals surface area contributed by atoms with E-state index in [-0.39, 0.29) is 101 Å². The predicted octanol–water partition coefficient (Wildman–Crippen LogP) is 21.0. The molecule has 27 heteroatoms. The molecule has 1 saturated heterocycles. The van der Waals surface area contributed by atoms with Crippen molar-refractivity contribution in [3.05, 3.63) is 353 Å². The highest BCUT2D eigenvalue weighted by Gasteiger charge is 2.63. The second-order valence-corrected chi connectivity index (χ2v) is 45.3. The summed E-state index contributed by atoms with van der Waals surface area (Å²) in [5.74, 6) is -13.3. The Bertz CT molecular complexity index is 6510. The van der Waals surface area contributed by atoms with E-state index < -0.39 is 133 Å². The highest BCUT2D eigenvalue weighted by Crippen LogP contribution is 2.67. The summed E-state index contributed by atoms with van der Waals surface area (Å²) in [7, 11) is -11.9. The summed E-state index contributed by atoms with van der Waals surface area (Å²) in [6.45, 7) is 18.0. The molecule has 0 spiro atoms. The van der Waals surface area contributed by atoms with Crippen LogP contribution in [0.2, 0.25) is 0 Å². The molecule has 0 aromatic heterocycles. The van der Waals surface area contributed by atoms with E-state index in [4.69, 9.17) is 14.2 Å². The van der Waals surface area contributed by atoms with Crippen molar-refractivity contribution in [3.63, 3.8) is 0 Å². The van der Waals surface area contributed by atoms with E-state index in [2.05, 4.69) is 159 Å².